The van der Waals surface area contributed by atoms with Crippen molar-refractivity contribution in [1.82, 2.24) is 10.6 Å². The lowest BCUT2D eigenvalue weighted by molar-refractivity contribution is -0.144. The van der Waals surface area contributed by atoms with Crippen LogP contribution in [0.2, 0.25) is 0 Å². The highest BCUT2D eigenvalue weighted by atomic mass is 16.5. The van der Waals surface area contributed by atoms with Crippen molar-refractivity contribution in [2.75, 3.05) is 13.2 Å². The minimum absolute atomic E-state index is 0.173. The van der Waals surface area contributed by atoms with Gasteiger partial charge in [-0.05, 0) is 43.8 Å². The van der Waals surface area contributed by atoms with Crippen molar-refractivity contribution in [3.63, 3.8) is 0 Å². The number of carbonyl (C=O) groups excluding carboxylic acids is 1. The van der Waals surface area contributed by atoms with Gasteiger partial charge in [-0.15, -0.1) is 0 Å². The van der Waals surface area contributed by atoms with Crippen LogP contribution >= 0.6 is 0 Å². The average molecular weight is 260 g/mol. The highest BCUT2D eigenvalue weighted by Crippen LogP contribution is 2.32. The van der Waals surface area contributed by atoms with Gasteiger partial charge in [0.25, 0.3) is 0 Å². The van der Waals surface area contributed by atoms with E-state index < -0.39 is 0 Å². The van der Waals surface area contributed by atoms with Crippen LogP contribution in [0.1, 0.15) is 32.6 Å². The van der Waals surface area contributed by atoms with E-state index in [1.807, 2.05) is 6.92 Å². The Morgan fingerprint density at radius 2 is 2.42 bits per heavy atom. The molecule has 1 aliphatic carbocycles. The topological polar surface area (TPSA) is 50.4 Å². The molecule has 102 valence electrons. The molecule has 0 fully saturated rings. The number of esters is 1. The third-order valence-corrected chi connectivity index (χ3v) is 3.91. The van der Waals surface area contributed by atoms with Gasteiger partial charge >= 0.3 is 5.97 Å². The molecule has 1 unspecified atom stereocenters. The molecule has 0 spiro atoms. The summed E-state index contributed by atoms with van der Waals surface area (Å²) in [4.78, 5) is 11.9. The van der Waals surface area contributed by atoms with Crippen molar-refractivity contribution in [3.8, 4) is 0 Å². The van der Waals surface area contributed by atoms with Crippen molar-refractivity contribution in [1.29, 1.82) is 0 Å². The fraction of sp³-hybridized carbons (Fsp3) is 0.533. The van der Waals surface area contributed by atoms with E-state index in [0.717, 1.165) is 31.5 Å². The molecule has 0 aromatic rings. The molecule has 3 aliphatic rings. The predicted octanol–water partition coefficient (Wildman–Crippen LogP) is 1.76. The van der Waals surface area contributed by atoms with E-state index in [2.05, 4.69) is 22.8 Å². The summed E-state index contributed by atoms with van der Waals surface area (Å²) in [5, 5.41) is 6.74. The summed E-state index contributed by atoms with van der Waals surface area (Å²) in [6.07, 6.45) is 8.81. The first kappa shape index (κ1) is 12.5. The number of nitrogens with one attached hydrogen (secondary N) is 2. The number of ether oxygens (including phenoxy) is 1. The van der Waals surface area contributed by atoms with E-state index in [9.17, 15) is 4.79 Å². The second-order valence-corrected chi connectivity index (χ2v) is 5.18. The fourth-order valence-electron chi connectivity index (χ4n) is 2.96. The van der Waals surface area contributed by atoms with Crippen LogP contribution in [0.25, 0.3) is 0 Å². The van der Waals surface area contributed by atoms with Crippen molar-refractivity contribution < 1.29 is 9.53 Å². The summed E-state index contributed by atoms with van der Waals surface area (Å²) in [6.45, 7) is 3.04. The Morgan fingerprint density at radius 3 is 3.26 bits per heavy atom. The maximum Gasteiger partial charge on any atom is 0.329 e. The Bertz CT molecular complexity index is 488. The lowest BCUT2D eigenvalue weighted by Crippen LogP contribution is -2.39. The van der Waals surface area contributed by atoms with Crippen LogP contribution in [-0.2, 0) is 9.53 Å². The molecule has 4 heteroatoms. The third kappa shape index (κ3) is 2.32. The Balaban J connectivity index is 1.79. The standard InChI is InChI=1S/C15H20N2O2/c1-2-19-15(18)14-13-11(9-16-14)8-10-6-4-3-5-7-12(10)17-13/h4,6,14,16-17H,2-3,5,7-9H2,1H3. The quantitative estimate of drug-likeness (QED) is 0.743. The van der Waals surface area contributed by atoms with Gasteiger partial charge in [0.1, 0.15) is 6.04 Å². The normalized spacial score (nSPS) is 25.6. The summed E-state index contributed by atoms with van der Waals surface area (Å²) in [5.41, 5.74) is 4.99. The molecule has 3 rings (SSSR count). The van der Waals surface area contributed by atoms with Gasteiger partial charge in [-0.2, -0.15) is 0 Å². The van der Waals surface area contributed by atoms with E-state index in [-0.39, 0.29) is 12.0 Å². The molecule has 0 radical (unpaired) electrons. The number of hydrogen-bond acceptors (Lipinski definition) is 4. The van der Waals surface area contributed by atoms with Gasteiger partial charge in [0, 0.05) is 17.9 Å². The predicted molar refractivity (Wildman–Crippen MR) is 73.2 cm³/mol. The smallest absolute Gasteiger partial charge is 0.329 e. The fourth-order valence-corrected chi connectivity index (χ4v) is 2.96. The summed E-state index contributed by atoms with van der Waals surface area (Å²) in [7, 11) is 0. The lowest BCUT2D eigenvalue weighted by Gasteiger charge is -2.24. The minimum Gasteiger partial charge on any atom is -0.465 e. The molecule has 19 heavy (non-hydrogen) atoms. The van der Waals surface area contributed by atoms with Crippen molar-refractivity contribution in [2.45, 2.75) is 38.6 Å². The van der Waals surface area contributed by atoms with Gasteiger partial charge in [0.2, 0.25) is 0 Å². The van der Waals surface area contributed by atoms with Gasteiger partial charge in [0.05, 0.1) is 6.61 Å². The Morgan fingerprint density at radius 1 is 1.53 bits per heavy atom. The van der Waals surface area contributed by atoms with Gasteiger partial charge in [-0.25, -0.2) is 4.79 Å². The Labute approximate surface area is 113 Å². The molecular formula is C15H20N2O2. The molecule has 2 heterocycles. The van der Waals surface area contributed by atoms with Crippen LogP contribution in [0.15, 0.2) is 34.7 Å². The van der Waals surface area contributed by atoms with Crippen molar-refractivity contribution in [3.05, 3.63) is 34.7 Å². The highest BCUT2D eigenvalue weighted by Gasteiger charge is 2.35. The molecule has 0 bridgehead atoms. The zero-order valence-corrected chi connectivity index (χ0v) is 11.3. The van der Waals surface area contributed by atoms with Crippen LogP contribution in [0, 0.1) is 0 Å². The summed E-state index contributed by atoms with van der Waals surface area (Å²) in [5.74, 6) is -0.173. The molecule has 1 atom stereocenters. The molecule has 0 saturated heterocycles. The zero-order valence-electron chi connectivity index (χ0n) is 11.3. The molecule has 2 aliphatic heterocycles. The number of carbonyl (C=O) groups is 1. The second-order valence-electron chi connectivity index (χ2n) is 5.18. The first-order valence-electron chi connectivity index (χ1n) is 7.07. The second kappa shape index (κ2) is 5.21. The Kier molecular flexibility index (Phi) is 3.42. The maximum absolute atomic E-state index is 11.9. The molecule has 0 amide bonds. The largest absolute Gasteiger partial charge is 0.465 e. The number of allylic oxidation sites excluding steroid dienone is 4. The van der Waals surface area contributed by atoms with Crippen LogP contribution in [0.3, 0.4) is 0 Å². The van der Waals surface area contributed by atoms with Crippen LogP contribution in [0.5, 0.6) is 0 Å². The van der Waals surface area contributed by atoms with E-state index in [1.165, 1.54) is 23.3 Å². The van der Waals surface area contributed by atoms with E-state index in [0.29, 0.717) is 6.61 Å². The Hall–Kier alpha value is -1.55. The maximum atomic E-state index is 11.9. The van der Waals surface area contributed by atoms with Gasteiger partial charge in [-0.1, -0.05) is 12.2 Å². The number of dihydropyridines is 1. The third-order valence-electron chi connectivity index (χ3n) is 3.91. The van der Waals surface area contributed by atoms with Crippen molar-refractivity contribution >= 4 is 5.97 Å². The lowest BCUT2D eigenvalue weighted by atomic mass is 9.96. The van der Waals surface area contributed by atoms with Gasteiger partial charge < -0.3 is 10.1 Å². The monoisotopic (exact) mass is 260 g/mol. The molecule has 0 aromatic carbocycles. The van der Waals surface area contributed by atoms with E-state index >= 15 is 0 Å². The number of rotatable bonds is 2. The summed E-state index contributed by atoms with van der Waals surface area (Å²) in [6, 6.07) is -0.309. The average Bonchev–Trinajstić information content (AvgIpc) is 2.66. The minimum atomic E-state index is -0.309. The number of hydrogen-bond donors (Lipinski definition) is 2. The molecule has 4 nitrogen and oxygen atoms in total. The van der Waals surface area contributed by atoms with Gasteiger partial charge in [0.15, 0.2) is 0 Å². The molecular weight excluding hydrogens is 240 g/mol. The van der Waals surface area contributed by atoms with Crippen molar-refractivity contribution in [2.24, 2.45) is 0 Å². The van der Waals surface area contributed by atoms with Crippen LogP contribution in [0.4, 0.5) is 0 Å². The first-order valence-corrected chi connectivity index (χ1v) is 7.07. The molecule has 2 N–H and O–H groups in total. The zero-order chi connectivity index (χ0) is 13.2. The van der Waals surface area contributed by atoms with Gasteiger partial charge in [-0.3, -0.25) is 5.32 Å². The molecule has 0 saturated carbocycles. The SMILES string of the molecule is CCOC(=O)C1NCC2=C1NC1=C(C=CCCC1)C2. The van der Waals surface area contributed by atoms with Crippen LogP contribution in [-0.4, -0.2) is 25.2 Å². The van der Waals surface area contributed by atoms with E-state index in [4.69, 9.17) is 4.74 Å². The van der Waals surface area contributed by atoms with E-state index in [1.54, 1.807) is 0 Å². The highest BCUT2D eigenvalue weighted by molar-refractivity contribution is 5.81. The van der Waals surface area contributed by atoms with Crippen LogP contribution < -0.4 is 10.6 Å². The summed E-state index contributed by atoms with van der Waals surface area (Å²) < 4.78 is 5.13. The first-order chi connectivity index (χ1) is 9.29. The molecule has 0 aromatic heterocycles. The summed E-state index contributed by atoms with van der Waals surface area (Å²) >= 11 is 0.